The highest BCUT2D eigenvalue weighted by atomic mass is 35.5. The van der Waals surface area contributed by atoms with Gasteiger partial charge in [0.2, 0.25) is 0 Å². The summed E-state index contributed by atoms with van der Waals surface area (Å²) in [6, 6.07) is 4.11. The van der Waals surface area contributed by atoms with Crippen molar-refractivity contribution in [3.63, 3.8) is 0 Å². The topological polar surface area (TPSA) is 21.3 Å². The Kier molecular flexibility index (Phi) is 7.85. The van der Waals surface area contributed by atoms with Crippen LogP contribution in [0.1, 0.15) is 24.1 Å². The van der Waals surface area contributed by atoms with Gasteiger partial charge in [0, 0.05) is 18.5 Å². The van der Waals surface area contributed by atoms with Crippen molar-refractivity contribution in [3.8, 4) is 0 Å². The van der Waals surface area contributed by atoms with E-state index in [0.29, 0.717) is 0 Å². The Morgan fingerprint density at radius 2 is 2.12 bits per heavy atom. The van der Waals surface area contributed by atoms with Crippen molar-refractivity contribution >= 4 is 22.9 Å². The van der Waals surface area contributed by atoms with E-state index in [1.54, 1.807) is 18.4 Å². The first-order valence-electron chi connectivity index (χ1n) is 5.77. The van der Waals surface area contributed by atoms with Gasteiger partial charge in [-0.15, -0.1) is 11.3 Å². The third-order valence-corrected chi connectivity index (χ3v) is 3.68. The van der Waals surface area contributed by atoms with E-state index >= 15 is 0 Å². The summed E-state index contributed by atoms with van der Waals surface area (Å²) in [6.45, 7) is 2.85. The van der Waals surface area contributed by atoms with Crippen LogP contribution >= 0.6 is 22.9 Å². The minimum Gasteiger partial charge on any atom is -0.383 e. The van der Waals surface area contributed by atoms with Gasteiger partial charge in [-0.2, -0.15) is 0 Å². The van der Waals surface area contributed by atoms with Crippen LogP contribution in [0.25, 0.3) is 0 Å². The number of nitrogens with one attached hydrogen (secondary N) is 1. The maximum atomic E-state index is 5.87. The largest absolute Gasteiger partial charge is 0.383 e. The van der Waals surface area contributed by atoms with Gasteiger partial charge in [0.25, 0.3) is 0 Å². The second-order valence-electron chi connectivity index (χ2n) is 3.76. The monoisotopic (exact) mass is 261 g/mol. The molecule has 0 aliphatic carbocycles. The predicted octanol–water partition coefficient (Wildman–Crippen LogP) is 3.35. The van der Waals surface area contributed by atoms with Crippen LogP contribution in [-0.2, 0) is 11.2 Å². The molecule has 0 aromatic carbocycles. The lowest BCUT2D eigenvalue weighted by Crippen LogP contribution is -2.20. The number of thiophene rings is 1. The molecule has 1 N–H and O–H groups in total. The molecule has 1 rings (SSSR count). The van der Waals surface area contributed by atoms with Crippen LogP contribution in [0.5, 0.6) is 0 Å². The van der Waals surface area contributed by atoms with Gasteiger partial charge >= 0.3 is 0 Å². The Labute approximate surface area is 107 Å². The average molecular weight is 262 g/mol. The first-order valence-corrected chi connectivity index (χ1v) is 6.96. The van der Waals surface area contributed by atoms with Crippen molar-refractivity contribution in [2.75, 3.05) is 26.8 Å². The number of hydrogen-bond donors (Lipinski definition) is 1. The second-order valence-corrected chi connectivity index (χ2v) is 5.56. The minimum absolute atomic E-state index is 0.799. The lowest BCUT2D eigenvalue weighted by molar-refractivity contribution is 0.199. The first-order chi connectivity index (χ1) is 7.83. The van der Waals surface area contributed by atoms with Gasteiger partial charge in [-0.25, -0.2) is 0 Å². The summed E-state index contributed by atoms with van der Waals surface area (Å²) >= 11 is 7.56. The van der Waals surface area contributed by atoms with Crippen LogP contribution < -0.4 is 5.32 Å². The van der Waals surface area contributed by atoms with Crippen LogP contribution in [0.2, 0.25) is 4.34 Å². The van der Waals surface area contributed by atoms with Crippen molar-refractivity contribution in [1.29, 1.82) is 0 Å². The summed E-state index contributed by atoms with van der Waals surface area (Å²) in [5, 5.41) is 3.35. The second kappa shape index (κ2) is 8.99. The van der Waals surface area contributed by atoms with E-state index in [2.05, 4.69) is 11.4 Å². The van der Waals surface area contributed by atoms with Crippen molar-refractivity contribution in [2.24, 2.45) is 0 Å². The Hall–Kier alpha value is -0.0900. The van der Waals surface area contributed by atoms with Gasteiger partial charge < -0.3 is 10.1 Å². The molecule has 0 amide bonds. The smallest absolute Gasteiger partial charge is 0.0931 e. The number of halogens is 1. The highest BCUT2D eigenvalue weighted by Gasteiger charge is 1.97. The van der Waals surface area contributed by atoms with Crippen molar-refractivity contribution < 1.29 is 4.74 Å². The number of unbranched alkanes of at least 4 members (excludes halogenated alkanes) is 2. The summed E-state index contributed by atoms with van der Waals surface area (Å²) in [6.07, 6.45) is 4.93. The fourth-order valence-corrected chi connectivity index (χ4v) is 2.64. The van der Waals surface area contributed by atoms with Crippen LogP contribution in [0.4, 0.5) is 0 Å². The molecular weight excluding hydrogens is 242 g/mol. The quantitative estimate of drug-likeness (QED) is 0.689. The molecule has 0 fully saturated rings. The van der Waals surface area contributed by atoms with E-state index < -0.39 is 0 Å². The Morgan fingerprint density at radius 3 is 2.81 bits per heavy atom. The highest BCUT2D eigenvalue weighted by molar-refractivity contribution is 7.16. The molecule has 1 heterocycles. The maximum absolute atomic E-state index is 5.87. The molecule has 1 aromatic rings. The Morgan fingerprint density at radius 1 is 1.25 bits per heavy atom. The molecule has 0 bridgehead atoms. The maximum Gasteiger partial charge on any atom is 0.0931 e. The molecule has 0 aliphatic rings. The van der Waals surface area contributed by atoms with E-state index in [0.717, 1.165) is 30.5 Å². The molecule has 0 aliphatic heterocycles. The molecule has 0 radical (unpaired) electrons. The van der Waals surface area contributed by atoms with Crippen LogP contribution in [-0.4, -0.2) is 26.8 Å². The number of ether oxygens (including phenoxy) is 1. The molecule has 0 spiro atoms. The fraction of sp³-hybridized carbons (Fsp3) is 0.667. The summed E-state index contributed by atoms with van der Waals surface area (Å²) in [5.74, 6) is 0. The zero-order valence-electron chi connectivity index (χ0n) is 9.80. The number of methoxy groups -OCH3 is 1. The third kappa shape index (κ3) is 6.48. The standard InChI is InChI=1S/C12H20ClNOS/c1-15-10-9-14-8-4-2-3-5-11-6-7-12(13)16-11/h6-7,14H,2-5,8-10H2,1H3. The SMILES string of the molecule is COCCNCCCCCc1ccc(Cl)s1. The number of rotatable bonds is 9. The van der Waals surface area contributed by atoms with E-state index in [1.165, 1.54) is 24.1 Å². The van der Waals surface area contributed by atoms with Crippen LogP contribution in [0.3, 0.4) is 0 Å². The Bertz CT molecular complexity index is 278. The van der Waals surface area contributed by atoms with E-state index in [1.807, 2.05) is 6.07 Å². The van der Waals surface area contributed by atoms with Gasteiger partial charge in [0.05, 0.1) is 10.9 Å². The lowest BCUT2D eigenvalue weighted by atomic mass is 10.2. The van der Waals surface area contributed by atoms with Gasteiger partial charge in [-0.1, -0.05) is 18.0 Å². The molecule has 4 heteroatoms. The predicted molar refractivity (Wildman–Crippen MR) is 71.6 cm³/mol. The fourth-order valence-electron chi connectivity index (χ4n) is 1.51. The van der Waals surface area contributed by atoms with Crippen LogP contribution in [0, 0.1) is 0 Å². The normalized spacial score (nSPS) is 10.9. The first kappa shape index (κ1) is 14.0. The molecule has 0 unspecified atom stereocenters. The lowest BCUT2D eigenvalue weighted by Gasteiger charge is -2.03. The zero-order chi connectivity index (χ0) is 11.6. The van der Waals surface area contributed by atoms with Gasteiger partial charge in [0.1, 0.15) is 0 Å². The third-order valence-electron chi connectivity index (χ3n) is 2.39. The molecular formula is C12H20ClNOS. The minimum atomic E-state index is 0.799. The molecule has 0 saturated carbocycles. The molecule has 0 saturated heterocycles. The van der Waals surface area contributed by atoms with Crippen LogP contribution in [0.15, 0.2) is 12.1 Å². The van der Waals surface area contributed by atoms with Crippen molar-refractivity contribution in [1.82, 2.24) is 5.32 Å². The molecule has 1 aromatic heterocycles. The van der Waals surface area contributed by atoms with E-state index in [9.17, 15) is 0 Å². The number of hydrogen-bond acceptors (Lipinski definition) is 3. The molecule has 0 atom stereocenters. The van der Waals surface area contributed by atoms with Crippen molar-refractivity contribution in [3.05, 3.63) is 21.3 Å². The van der Waals surface area contributed by atoms with Gasteiger partial charge in [0.15, 0.2) is 0 Å². The molecule has 2 nitrogen and oxygen atoms in total. The van der Waals surface area contributed by atoms with E-state index in [-0.39, 0.29) is 0 Å². The zero-order valence-corrected chi connectivity index (χ0v) is 11.4. The number of aryl methyl sites for hydroxylation is 1. The summed E-state index contributed by atoms with van der Waals surface area (Å²) in [7, 11) is 1.73. The van der Waals surface area contributed by atoms with Gasteiger partial charge in [-0.05, 0) is 37.9 Å². The average Bonchev–Trinajstić information content (AvgIpc) is 2.68. The Balaban J connectivity index is 1.88. The molecule has 92 valence electrons. The van der Waals surface area contributed by atoms with E-state index in [4.69, 9.17) is 16.3 Å². The summed E-state index contributed by atoms with van der Waals surface area (Å²) in [4.78, 5) is 1.40. The van der Waals surface area contributed by atoms with Crippen molar-refractivity contribution in [2.45, 2.75) is 25.7 Å². The highest BCUT2D eigenvalue weighted by Crippen LogP contribution is 2.22. The van der Waals surface area contributed by atoms with Gasteiger partial charge in [-0.3, -0.25) is 0 Å². The summed E-state index contributed by atoms with van der Waals surface area (Å²) in [5.41, 5.74) is 0. The molecule has 16 heavy (non-hydrogen) atoms. The summed E-state index contributed by atoms with van der Waals surface area (Å²) < 4.78 is 5.86.